The summed E-state index contributed by atoms with van der Waals surface area (Å²) in [5.41, 5.74) is 1.06. The normalized spacial score (nSPS) is 11.3. The first-order valence-corrected chi connectivity index (χ1v) is 11.2. The Morgan fingerprint density at radius 1 is 0.875 bits per heavy atom. The molecule has 0 unspecified atom stereocenters. The van der Waals surface area contributed by atoms with E-state index >= 15 is 0 Å². The average molecular weight is 490 g/mol. The highest BCUT2D eigenvalue weighted by atomic mass is 35.5. The third kappa shape index (κ3) is 4.57. The standard InChI is InChI=1S/C20H13Cl2N5O4S/c21-12-5-7-13(8-6-12)23-19-20(25-17-4-2-1-3-16(17)24-19)26-32(30,31)14-9-10-15(22)18(11-14)27(28)29/h1-11H,(H,23,24)(H,25,26). The fraction of sp³-hybridized carbons (Fsp3) is 0. The molecular weight excluding hydrogens is 477 g/mol. The van der Waals surface area contributed by atoms with Gasteiger partial charge in [0.05, 0.1) is 20.9 Å². The predicted molar refractivity (Wildman–Crippen MR) is 123 cm³/mol. The van der Waals surface area contributed by atoms with Crippen LogP contribution in [0.2, 0.25) is 10.0 Å². The molecule has 0 radical (unpaired) electrons. The minimum atomic E-state index is -4.25. The van der Waals surface area contributed by atoms with Gasteiger partial charge in [0, 0.05) is 16.8 Å². The molecule has 0 amide bonds. The lowest BCUT2D eigenvalue weighted by Gasteiger charge is -2.14. The van der Waals surface area contributed by atoms with Crippen LogP contribution >= 0.6 is 23.2 Å². The maximum absolute atomic E-state index is 13.0. The molecule has 0 aliphatic heterocycles. The fourth-order valence-electron chi connectivity index (χ4n) is 2.81. The highest BCUT2D eigenvalue weighted by Crippen LogP contribution is 2.30. The molecule has 0 spiro atoms. The number of nitro groups is 1. The Morgan fingerprint density at radius 2 is 1.50 bits per heavy atom. The van der Waals surface area contributed by atoms with Crippen molar-refractivity contribution in [1.29, 1.82) is 0 Å². The molecule has 32 heavy (non-hydrogen) atoms. The van der Waals surface area contributed by atoms with Gasteiger partial charge in [-0.2, -0.15) is 0 Å². The molecule has 0 aliphatic rings. The number of para-hydroxylation sites is 2. The van der Waals surface area contributed by atoms with E-state index in [2.05, 4.69) is 20.0 Å². The van der Waals surface area contributed by atoms with Crippen molar-refractivity contribution in [2.45, 2.75) is 4.90 Å². The Kier molecular flexibility index (Phi) is 5.83. The van der Waals surface area contributed by atoms with Gasteiger partial charge in [-0.3, -0.25) is 14.8 Å². The molecule has 162 valence electrons. The van der Waals surface area contributed by atoms with E-state index in [1.54, 1.807) is 48.5 Å². The van der Waals surface area contributed by atoms with Crippen molar-refractivity contribution in [3.63, 3.8) is 0 Å². The van der Waals surface area contributed by atoms with Crippen LogP contribution in [0.5, 0.6) is 0 Å². The van der Waals surface area contributed by atoms with Gasteiger partial charge >= 0.3 is 0 Å². The first-order chi connectivity index (χ1) is 15.2. The molecule has 4 aromatic rings. The summed E-state index contributed by atoms with van der Waals surface area (Å²) in [6.45, 7) is 0. The molecule has 3 aromatic carbocycles. The number of anilines is 3. The first kappa shape index (κ1) is 21.8. The molecule has 4 rings (SSSR count). The lowest BCUT2D eigenvalue weighted by atomic mass is 10.3. The van der Waals surface area contributed by atoms with Gasteiger partial charge in [-0.15, -0.1) is 0 Å². The van der Waals surface area contributed by atoms with Gasteiger partial charge in [0.15, 0.2) is 11.6 Å². The van der Waals surface area contributed by atoms with Crippen LogP contribution in [0.15, 0.2) is 71.6 Å². The number of rotatable bonds is 6. The monoisotopic (exact) mass is 489 g/mol. The molecule has 0 saturated heterocycles. The second kappa shape index (κ2) is 8.58. The van der Waals surface area contributed by atoms with E-state index in [4.69, 9.17) is 23.2 Å². The zero-order chi connectivity index (χ0) is 22.9. The van der Waals surface area contributed by atoms with E-state index < -0.39 is 20.6 Å². The minimum Gasteiger partial charge on any atom is -0.337 e. The van der Waals surface area contributed by atoms with Crippen molar-refractivity contribution in [3.05, 3.63) is 86.9 Å². The number of hydrogen-bond acceptors (Lipinski definition) is 7. The summed E-state index contributed by atoms with van der Waals surface area (Å²) in [6, 6.07) is 16.8. The molecule has 0 aliphatic carbocycles. The Hall–Kier alpha value is -3.47. The third-order valence-electron chi connectivity index (χ3n) is 4.33. The van der Waals surface area contributed by atoms with Crippen molar-refractivity contribution in [2.24, 2.45) is 0 Å². The van der Waals surface area contributed by atoms with Crippen LogP contribution in [0.25, 0.3) is 11.0 Å². The summed E-state index contributed by atoms with van der Waals surface area (Å²) in [5.74, 6) is 0.0503. The lowest BCUT2D eigenvalue weighted by molar-refractivity contribution is -0.384. The Morgan fingerprint density at radius 3 is 2.12 bits per heavy atom. The Balaban J connectivity index is 1.78. The molecule has 2 N–H and O–H groups in total. The summed E-state index contributed by atoms with van der Waals surface area (Å²) >= 11 is 11.7. The lowest BCUT2D eigenvalue weighted by Crippen LogP contribution is -2.16. The zero-order valence-electron chi connectivity index (χ0n) is 16.0. The number of halogens is 2. The van der Waals surface area contributed by atoms with Gasteiger partial charge in [-0.1, -0.05) is 35.3 Å². The largest absolute Gasteiger partial charge is 0.337 e. The maximum atomic E-state index is 13.0. The number of nitro benzene ring substituents is 1. The number of sulfonamides is 1. The quantitative estimate of drug-likeness (QED) is 0.274. The summed E-state index contributed by atoms with van der Waals surface area (Å²) < 4.78 is 28.3. The molecule has 0 bridgehead atoms. The van der Waals surface area contributed by atoms with E-state index in [-0.39, 0.29) is 21.6 Å². The van der Waals surface area contributed by atoms with Crippen LogP contribution in [0.4, 0.5) is 23.0 Å². The molecule has 1 aromatic heterocycles. The molecular formula is C20H13Cl2N5O4S. The van der Waals surface area contributed by atoms with Gasteiger partial charge in [0.2, 0.25) is 0 Å². The Labute approximate surface area is 192 Å². The number of nitrogens with one attached hydrogen (secondary N) is 2. The van der Waals surface area contributed by atoms with Crippen LogP contribution in [-0.4, -0.2) is 23.3 Å². The third-order valence-corrected chi connectivity index (χ3v) is 6.24. The van der Waals surface area contributed by atoms with E-state index in [1.807, 2.05) is 0 Å². The maximum Gasteiger partial charge on any atom is 0.289 e. The number of benzene rings is 3. The summed E-state index contributed by atoms with van der Waals surface area (Å²) in [6.07, 6.45) is 0. The smallest absolute Gasteiger partial charge is 0.289 e. The van der Waals surface area contributed by atoms with Gasteiger partial charge < -0.3 is 5.32 Å². The SMILES string of the molecule is O=[N+]([O-])c1cc(S(=O)(=O)Nc2nc3ccccc3nc2Nc2ccc(Cl)cc2)ccc1Cl. The molecule has 1 heterocycles. The molecule has 9 nitrogen and oxygen atoms in total. The first-order valence-electron chi connectivity index (χ1n) is 8.99. The topological polar surface area (TPSA) is 127 Å². The number of nitrogens with zero attached hydrogens (tertiary/aromatic N) is 3. The van der Waals surface area contributed by atoms with Gasteiger partial charge in [0.25, 0.3) is 15.7 Å². The van der Waals surface area contributed by atoms with Crippen LogP contribution in [0.3, 0.4) is 0 Å². The van der Waals surface area contributed by atoms with Gasteiger partial charge in [-0.05, 0) is 48.5 Å². The van der Waals surface area contributed by atoms with Crippen LogP contribution < -0.4 is 10.0 Å². The second-order valence-corrected chi connectivity index (χ2v) is 9.04. The minimum absolute atomic E-state index is 0.0868. The summed E-state index contributed by atoms with van der Waals surface area (Å²) in [5, 5.41) is 14.5. The average Bonchev–Trinajstić information content (AvgIpc) is 2.75. The van der Waals surface area contributed by atoms with Gasteiger partial charge in [-0.25, -0.2) is 18.4 Å². The van der Waals surface area contributed by atoms with E-state index in [0.29, 0.717) is 21.7 Å². The van der Waals surface area contributed by atoms with E-state index in [9.17, 15) is 18.5 Å². The Bertz CT molecular complexity index is 1450. The molecule has 0 saturated carbocycles. The predicted octanol–water partition coefficient (Wildman–Crippen LogP) is 5.39. The van der Waals surface area contributed by atoms with Crippen molar-refractivity contribution in [2.75, 3.05) is 10.0 Å². The van der Waals surface area contributed by atoms with E-state index in [1.165, 1.54) is 6.07 Å². The van der Waals surface area contributed by atoms with Crippen molar-refractivity contribution in [1.82, 2.24) is 9.97 Å². The van der Waals surface area contributed by atoms with Crippen molar-refractivity contribution < 1.29 is 13.3 Å². The molecule has 0 atom stereocenters. The molecule has 0 fully saturated rings. The number of hydrogen-bond donors (Lipinski definition) is 2. The van der Waals surface area contributed by atoms with Crippen molar-refractivity contribution >= 4 is 67.3 Å². The van der Waals surface area contributed by atoms with Crippen LogP contribution in [0, 0.1) is 10.1 Å². The summed E-state index contributed by atoms with van der Waals surface area (Å²) in [4.78, 5) is 18.9. The second-order valence-electron chi connectivity index (χ2n) is 6.52. The number of aromatic nitrogens is 2. The van der Waals surface area contributed by atoms with Crippen molar-refractivity contribution in [3.8, 4) is 0 Å². The number of fused-ring (bicyclic) bond motifs is 1. The summed E-state index contributed by atoms with van der Waals surface area (Å²) in [7, 11) is -4.25. The highest BCUT2D eigenvalue weighted by molar-refractivity contribution is 7.92. The van der Waals surface area contributed by atoms with Crippen LogP contribution in [0.1, 0.15) is 0 Å². The van der Waals surface area contributed by atoms with Gasteiger partial charge in [0.1, 0.15) is 5.02 Å². The molecule has 12 heteroatoms. The fourth-order valence-corrected chi connectivity index (χ4v) is 4.16. The van der Waals surface area contributed by atoms with Crippen LogP contribution in [-0.2, 0) is 10.0 Å². The zero-order valence-corrected chi connectivity index (χ0v) is 18.3. The highest BCUT2D eigenvalue weighted by Gasteiger charge is 2.23. The van der Waals surface area contributed by atoms with E-state index in [0.717, 1.165) is 12.1 Å².